The highest BCUT2D eigenvalue weighted by Gasteiger charge is 2.28. The van der Waals surface area contributed by atoms with Crippen molar-refractivity contribution in [2.75, 3.05) is 5.32 Å². The van der Waals surface area contributed by atoms with Crippen LogP contribution >= 0.6 is 11.6 Å². The minimum Gasteiger partial charge on any atom is -0.477 e. The van der Waals surface area contributed by atoms with Crippen LogP contribution in [0, 0.1) is 5.82 Å². The summed E-state index contributed by atoms with van der Waals surface area (Å²) in [7, 11) is 0. The molecule has 28 heavy (non-hydrogen) atoms. The summed E-state index contributed by atoms with van der Waals surface area (Å²) < 4.78 is 18.3. The average molecular weight is 404 g/mol. The SMILES string of the molecule is C[C@@H](NC(=O)Nc1ccc(Cl)cc1)c1onc(-c2ccc(F)cc2)c1C(=O)O. The van der Waals surface area contributed by atoms with E-state index in [0.29, 0.717) is 16.3 Å². The zero-order valence-corrected chi connectivity index (χ0v) is 15.3. The van der Waals surface area contributed by atoms with E-state index < -0.39 is 23.9 Å². The quantitative estimate of drug-likeness (QED) is 0.572. The van der Waals surface area contributed by atoms with Crippen LogP contribution in [0.5, 0.6) is 0 Å². The highest BCUT2D eigenvalue weighted by Crippen LogP contribution is 2.29. The number of carboxylic acid groups (broad SMARTS) is 1. The van der Waals surface area contributed by atoms with Crippen LogP contribution in [-0.2, 0) is 0 Å². The molecular formula is C19H15ClFN3O4. The van der Waals surface area contributed by atoms with Gasteiger partial charge in [-0.3, -0.25) is 0 Å². The molecule has 0 aliphatic carbocycles. The van der Waals surface area contributed by atoms with Gasteiger partial charge in [0, 0.05) is 16.3 Å². The molecule has 3 N–H and O–H groups in total. The molecule has 0 spiro atoms. The van der Waals surface area contributed by atoms with Gasteiger partial charge in [-0.25, -0.2) is 14.0 Å². The molecule has 1 heterocycles. The number of hydrogen-bond donors (Lipinski definition) is 3. The van der Waals surface area contributed by atoms with E-state index in [4.69, 9.17) is 16.1 Å². The Bertz CT molecular complexity index is 1000. The number of amides is 2. The van der Waals surface area contributed by atoms with Crippen molar-refractivity contribution in [3.63, 3.8) is 0 Å². The van der Waals surface area contributed by atoms with E-state index in [0.717, 1.165) is 0 Å². The van der Waals surface area contributed by atoms with Crippen LogP contribution in [0.15, 0.2) is 53.1 Å². The number of carbonyl (C=O) groups excluding carboxylic acids is 1. The molecule has 0 radical (unpaired) electrons. The number of carboxylic acids is 1. The van der Waals surface area contributed by atoms with Crippen molar-refractivity contribution in [3.8, 4) is 11.3 Å². The maximum Gasteiger partial charge on any atom is 0.341 e. The highest BCUT2D eigenvalue weighted by atomic mass is 35.5. The summed E-state index contributed by atoms with van der Waals surface area (Å²) >= 11 is 5.80. The molecule has 144 valence electrons. The fourth-order valence-electron chi connectivity index (χ4n) is 2.57. The van der Waals surface area contributed by atoms with E-state index in [9.17, 15) is 19.1 Å². The van der Waals surface area contributed by atoms with Gasteiger partial charge >= 0.3 is 12.0 Å². The van der Waals surface area contributed by atoms with Crippen LogP contribution in [-0.4, -0.2) is 22.3 Å². The number of rotatable bonds is 5. The number of aromatic carboxylic acids is 1. The third-order valence-electron chi connectivity index (χ3n) is 3.89. The van der Waals surface area contributed by atoms with Crippen molar-refractivity contribution in [1.29, 1.82) is 0 Å². The van der Waals surface area contributed by atoms with Gasteiger partial charge in [-0.2, -0.15) is 0 Å². The van der Waals surface area contributed by atoms with Crippen LogP contribution in [0.4, 0.5) is 14.9 Å². The molecule has 2 aromatic carbocycles. The van der Waals surface area contributed by atoms with Crippen molar-refractivity contribution in [2.45, 2.75) is 13.0 Å². The van der Waals surface area contributed by atoms with E-state index in [1.807, 2.05) is 0 Å². The van der Waals surface area contributed by atoms with Crippen LogP contribution in [0.3, 0.4) is 0 Å². The van der Waals surface area contributed by atoms with Gasteiger partial charge in [0.2, 0.25) is 0 Å². The van der Waals surface area contributed by atoms with Crippen LogP contribution < -0.4 is 10.6 Å². The first-order valence-electron chi connectivity index (χ1n) is 8.17. The van der Waals surface area contributed by atoms with E-state index in [-0.39, 0.29) is 17.0 Å². The van der Waals surface area contributed by atoms with E-state index >= 15 is 0 Å². The second kappa shape index (κ2) is 8.10. The lowest BCUT2D eigenvalue weighted by molar-refractivity contribution is 0.0694. The number of halogens is 2. The molecule has 1 atom stereocenters. The first-order valence-corrected chi connectivity index (χ1v) is 8.55. The molecule has 0 bridgehead atoms. The fraction of sp³-hybridized carbons (Fsp3) is 0.105. The van der Waals surface area contributed by atoms with Gasteiger partial charge in [-0.05, 0) is 55.5 Å². The van der Waals surface area contributed by atoms with E-state index in [2.05, 4.69) is 15.8 Å². The molecule has 0 fully saturated rings. The van der Waals surface area contributed by atoms with Crippen molar-refractivity contribution >= 4 is 29.3 Å². The van der Waals surface area contributed by atoms with Crippen LogP contribution in [0.25, 0.3) is 11.3 Å². The number of anilines is 1. The summed E-state index contributed by atoms with van der Waals surface area (Å²) in [6, 6.07) is 10.3. The maximum atomic E-state index is 13.1. The summed E-state index contributed by atoms with van der Waals surface area (Å²) in [6.45, 7) is 1.56. The molecule has 1 aromatic heterocycles. The Balaban J connectivity index is 1.80. The van der Waals surface area contributed by atoms with Gasteiger partial charge in [0.1, 0.15) is 17.1 Å². The second-order valence-corrected chi connectivity index (χ2v) is 6.35. The van der Waals surface area contributed by atoms with E-state index in [1.165, 1.54) is 24.3 Å². The summed E-state index contributed by atoms with van der Waals surface area (Å²) in [5.74, 6) is -1.77. The normalized spacial score (nSPS) is 11.7. The number of carbonyl (C=O) groups is 2. The third-order valence-corrected chi connectivity index (χ3v) is 4.14. The molecule has 0 aliphatic heterocycles. The summed E-state index contributed by atoms with van der Waals surface area (Å²) in [5, 5.41) is 19.1. The first-order chi connectivity index (χ1) is 13.3. The lowest BCUT2D eigenvalue weighted by Gasteiger charge is -2.13. The van der Waals surface area contributed by atoms with Crippen molar-refractivity contribution in [2.24, 2.45) is 0 Å². The zero-order chi connectivity index (χ0) is 20.3. The van der Waals surface area contributed by atoms with Gasteiger partial charge in [-0.15, -0.1) is 0 Å². The lowest BCUT2D eigenvalue weighted by Crippen LogP contribution is -2.31. The molecule has 3 aromatic rings. The number of benzene rings is 2. The molecule has 9 heteroatoms. The smallest absolute Gasteiger partial charge is 0.341 e. The molecule has 2 amide bonds. The highest BCUT2D eigenvalue weighted by molar-refractivity contribution is 6.30. The molecule has 0 unspecified atom stereocenters. The first kappa shape index (κ1) is 19.4. The Morgan fingerprint density at radius 1 is 1.14 bits per heavy atom. The predicted octanol–water partition coefficient (Wildman–Crippen LogP) is 4.72. The molecular weight excluding hydrogens is 389 g/mol. The Morgan fingerprint density at radius 3 is 2.39 bits per heavy atom. The van der Waals surface area contributed by atoms with Crippen LogP contribution in [0.2, 0.25) is 5.02 Å². The summed E-state index contributed by atoms with van der Waals surface area (Å²) in [5.41, 5.74) is 0.740. The number of nitrogens with one attached hydrogen (secondary N) is 2. The fourth-order valence-corrected chi connectivity index (χ4v) is 2.70. The third kappa shape index (κ3) is 4.29. The standard InChI is InChI=1S/C19H15ClFN3O4/c1-10(22-19(27)23-14-8-4-12(20)5-9-14)17-15(18(25)26)16(24-28-17)11-2-6-13(21)7-3-11/h2-10H,1H3,(H,25,26)(H2,22,23,27)/t10-/m1/s1. The van der Waals surface area contributed by atoms with Crippen molar-refractivity contribution < 1.29 is 23.6 Å². The summed E-state index contributed by atoms with van der Waals surface area (Å²) in [4.78, 5) is 23.9. The molecule has 0 saturated carbocycles. The Hall–Kier alpha value is -3.39. The zero-order valence-electron chi connectivity index (χ0n) is 14.6. The number of aromatic nitrogens is 1. The Labute approximate surface area is 164 Å². The average Bonchev–Trinajstić information content (AvgIpc) is 3.10. The van der Waals surface area contributed by atoms with Gasteiger partial charge in [0.25, 0.3) is 0 Å². The summed E-state index contributed by atoms with van der Waals surface area (Å²) in [6.07, 6.45) is 0. The minimum absolute atomic E-state index is 0.0296. The van der Waals surface area contributed by atoms with Gasteiger partial charge in [0.15, 0.2) is 5.76 Å². The number of nitrogens with zero attached hydrogens (tertiary/aromatic N) is 1. The van der Waals surface area contributed by atoms with Crippen molar-refractivity contribution in [1.82, 2.24) is 10.5 Å². The lowest BCUT2D eigenvalue weighted by atomic mass is 10.0. The number of hydrogen-bond acceptors (Lipinski definition) is 4. The predicted molar refractivity (Wildman–Crippen MR) is 101 cm³/mol. The second-order valence-electron chi connectivity index (χ2n) is 5.91. The Morgan fingerprint density at radius 2 is 1.79 bits per heavy atom. The molecule has 0 aliphatic rings. The Kier molecular flexibility index (Phi) is 5.60. The van der Waals surface area contributed by atoms with Crippen molar-refractivity contribution in [3.05, 3.63) is 70.7 Å². The van der Waals surface area contributed by atoms with Crippen LogP contribution in [0.1, 0.15) is 29.1 Å². The molecule has 7 nitrogen and oxygen atoms in total. The van der Waals surface area contributed by atoms with E-state index in [1.54, 1.807) is 31.2 Å². The topological polar surface area (TPSA) is 104 Å². The largest absolute Gasteiger partial charge is 0.477 e. The number of urea groups is 1. The minimum atomic E-state index is -1.28. The molecule has 0 saturated heterocycles. The molecule has 3 rings (SSSR count). The van der Waals surface area contributed by atoms with Gasteiger partial charge in [0.05, 0.1) is 6.04 Å². The van der Waals surface area contributed by atoms with Gasteiger partial charge < -0.3 is 20.3 Å². The monoisotopic (exact) mass is 403 g/mol. The maximum absolute atomic E-state index is 13.1. The van der Waals surface area contributed by atoms with Gasteiger partial charge in [-0.1, -0.05) is 16.8 Å².